The van der Waals surface area contributed by atoms with Crippen LogP contribution < -0.4 is 14.8 Å². The fourth-order valence-electron chi connectivity index (χ4n) is 2.71. The second-order valence-corrected chi connectivity index (χ2v) is 6.72. The molecule has 1 aromatic heterocycles. The number of nitrogens with one attached hydrogen (secondary N) is 1. The number of rotatable bonds is 9. The molecule has 158 valence electrons. The number of likely N-dealkylation sites (N-methyl/N-ethyl adjacent to an activating group) is 1. The summed E-state index contributed by atoms with van der Waals surface area (Å²) < 4.78 is 16.1. The van der Waals surface area contributed by atoms with Gasteiger partial charge in [-0.1, -0.05) is 30.3 Å². The van der Waals surface area contributed by atoms with E-state index < -0.39 is 0 Å². The number of methoxy groups -OCH3 is 1. The van der Waals surface area contributed by atoms with Crippen LogP contribution in [0.3, 0.4) is 0 Å². The zero-order chi connectivity index (χ0) is 21.3. The number of aromatic nitrogens is 2. The molecule has 0 aliphatic heterocycles. The van der Waals surface area contributed by atoms with Gasteiger partial charge in [0.1, 0.15) is 11.5 Å². The smallest absolute Gasteiger partial charge is 0.321 e. The Morgan fingerprint density at radius 3 is 2.70 bits per heavy atom. The summed E-state index contributed by atoms with van der Waals surface area (Å²) in [6.45, 7) is 2.74. The molecule has 8 heteroatoms. The molecular weight excluding hydrogens is 384 g/mol. The van der Waals surface area contributed by atoms with Crippen molar-refractivity contribution in [1.82, 2.24) is 15.0 Å². The van der Waals surface area contributed by atoms with Gasteiger partial charge in [-0.3, -0.25) is 0 Å². The molecule has 0 bridgehead atoms. The highest BCUT2D eigenvalue weighted by atomic mass is 16.5. The third-order valence-corrected chi connectivity index (χ3v) is 4.54. The third kappa shape index (κ3) is 5.97. The molecule has 0 unspecified atom stereocenters. The lowest BCUT2D eigenvalue weighted by molar-refractivity contribution is 0.222. The van der Waals surface area contributed by atoms with E-state index >= 15 is 0 Å². The van der Waals surface area contributed by atoms with Crippen LogP contribution in [0.1, 0.15) is 24.2 Å². The van der Waals surface area contributed by atoms with E-state index in [0.29, 0.717) is 36.1 Å². The van der Waals surface area contributed by atoms with Crippen molar-refractivity contribution in [1.29, 1.82) is 0 Å². The van der Waals surface area contributed by atoms with Crippen LogP contribution in [0.2, 0.25) is 0 Å². The Balaban J connectivity index is 1.45. The molecule has 3 rings (SSSR count). The molecule has 0 aliphatic rings. The first-order valence-electron chi connectivity index (χ1n) is 9.76. The molecule has 0 aliphatic carbocycles. The van der Waals surface area contributed by atoms with Crippen LogP contribution in [-0.2, 0) is 19.4 Å². The summed E-state index contributed by atoms with van der Waals surface area (Å²) in [5.74, 6) is 2.35. The summed E-state index contributed by atoms with van der Waals surface area (Å²) in [6, 6.07) is 14.9. The first-order chi connectivity index (χ1) is 14.6. The maximum atomic E-state index is 12.3. The standard InChI is InChI=1S/C22H26N4O4/c1-4-16-8-10-18(11-9-16)29-15-21-24-20(25-30-21)12-13-26(2)22(27)23-17-6-5-7-19(14-17)28-3/h5-11,14H,4,12-13,15H2,1-3H3,(H,23,27). The van der Waals surface area contributed by atoms with Gasteiger partial charge in [0.15, 0.2) is 12.4 Å². The lowest BCUT2D eigenvalue weighted by Crippen LogP contribution is -2.33. The average Bonchev–Trinajstić information content (AvgIpc) is 3.24. The SMILES string of the molecule is CCc1ccc(OCc2nc(CCN(C)C(=O)Nc3cccc(OC)c3)no2)cc1. The fraction of sp³-hybridized carbons (Fsp3) is 0.318. The van der Waals surface area contributed by atoms with Crippen LogP contribution >= 0.6 is 0 Å². The number of benzene rings is 2. The number of nitrogens with zero attached hydrogens (tertiary/aromatic N) is 3. The number of aryl methyl sites for hydroxylation is 1. The van der Waals surface area contributed by atoms with Gasteiger partial charge in [0.2, 0.25) is 0 Å². The van der Waals surface area contributed by atoms with Crippen LogP contribution in [0.5, 0.6) is 11.5 Å². The molecule has 0 fully saturated rings. The van der Waals surface area contributed by atoms with Crippen LogP contribution in [0, 0.1) is 0 Å². The molecule has 1 N–H and O–H groups in total. The molecular formula is C22H26N4O4. The van der Waals surface area contributed by atoms with Gasteiger partial charge in [-0.05, 0) is 36.2 Å². The predicted octanol–water partition coefficient (Wildman–Crippen LogP) is 3.93. The monoisotopic (exact) mass is 410 g/mol. The highest BCUT2D eigenvalue weighted by molar-refractivity contribution is 5.89. The van der Waals surface area contributed by atoms with Crippen LogP contribution in [0.25, 0.3) is 0 Å². The van der Waals surface area contributed by atoms with Gasteiger partial charge in [-0.15, -0.1) is 0 Å². The minimum atomic E-state index is -0.231. The van der Waals surface area contributed by atoms with Crippen molar-refractivity contribution in [2.45, 2.75) is 26.4 Å². The summed E-state index contributed by atoms with van der Waals surface area (Å²) >= 11 is 0. The summed E-state index contributed by atoms with van der Waals surface area (Å²) in [4.78, 5) is 18.2. The van der Waals surface area contributed by atoms with Gasteiger partial charge < -0.3 is 24.2 Å². The highest BCUT2D eigenvalue weighted by Crippen LogP contribution is 2.17. The van der Waals surface area contributed by atoms with Gasteiger partial charge in [-0.2, -0.15) is 4.98 Å². The molecule has 2 aromatic carbocycles. The molecule has 0 atom stereocenters. The highest BCUT2D eigenvalue weighted by Gasteiger charge is 2.12. The van der Waals surface area contributed by atoms with Crippen LogP contribution in [0.15, 0.2) is 53.1 Å². The quantitative estimate of drug-likeness (QED) is 0.575. The van der Waals surface area contributed by atoms with Crippen molar-refractivity contribution in [3.05, 3.63) is 65.8 Å². The lowest BCUT2D eigenvalue weighted by Gasteiger charge is -2.17. The number of hydrogen-bond donors (Lipinski definition) is 1. The molecule has 0 spiro atoms. The van der Waals surface area contributed by atoms with Gasteiger partial charge in [-0.25, -0.2) is 4.79 Å². The predicted molar refractivity (Wildman–Crippen MR) is 113 cm³/mol. The normalized spacial score (nSPS) is 10.5. The topological polar surface area (TPSA) is 89.7 Å². The number of ether oxygens (including phenoxy) is 2. The minimum Gasteiger partial charge on any atom is -0.497 e. The Morgan fingerprint density at radius 2 is 1.97 bits per heavy atom. The van der Waals surface area contributed by atoms with Crippen LogP contribution in [0.4, 0.5) is 10.5 Å². The fourth-order valence-corrected chi connectivity index (χ4v) is 2.71. The minimum absolute atomic E-state index is 0.199. The zero-order valence-corrected chi connectivity index (χ0v) is 17.4. The van der Waals surface area contributed by atoms with Gasteiger partial charge in [0.25, 0.3) is 5.89 Å². The van der Waals surface area contributed by atoms with E-state index in [2.05, 4.69) is 22.4 Å². The number of urea groups is 1. The average molecular weight is 410 g/mol. The molecule has 30 heavy (non-hydrogen) atoms. The van der Waals surface area contributed by atoms with Gasteiger partial charge >= 0.3 is 6.03 Å². The summed E-state index contributed by atoms with van der Waals surface area (Å²) in [5, 5.41) is 6.78. The van der Waals surface area contributed by atoms with Crippen molar-refractivity contribution in [3.8, 4) is 11.5 Å². The van der Waals surface area contributed by atoms with Gasteiger partial charge in [0, 0.05) is 31.8 Å². The van der Waals surface area contributed by atoms with Crippen molar-refractivity contribution in [3.63, 3.8) is 0 Å². The maximum absolute atomic E-state index is 12.3. The van der Waals surface area contributed by atoms with E-state index in [4.69, 9.17) is 14.0 Å². The number of carbonyl (C=O) groups is 1. The lowest BCUT2D eigenvalue weighted by atomic mass is 10.2. The van der Waals surface area contributed by atoms with Crippen molar-refractivity contribution < 1.29 is 18.8 Å². The summed E-state index contributed by atoms with van der Waals surface area (Å²) in [6.07, 6.45) is 1.45. The molecule has 2 amide bonds. The Bertz CT molecular complexity index is 956. The maximum Gasteiger partial charge on any atom is 0.321 e. The molecule has 0 radical (unpaired) electrons. The Morgan fingerprint density at radius 1 is 1.17 bits per heavy atom. The van der Waals surface area contributed by atoms with E-state index in [-0.39, 0.29) is 12.6 Å². The number of amides is 2. The van der Waals surface area contributed by atoms with Crippen molar-refractivity contribution >= 4 is 11.7 Å². The number of anilines is 1. The van der Waals surface area contributed by atoms with E-state index in [1.807, 2.05) is 36.4 Å². The van der Waals surface area contributed by atoms with E-state index in [0.717, 1.165) is 12.2 Å². The van der Waals surface area contributed by atoms with Crippen molar-refractivity contribution in [2.24, 2.45) is 0 Å². The Hall–Kier alpha value is -3.55. The van der Waals surface area contributed by atoms with E-state index in [1.54, 1.807) is 31.2 Å². The Kier molecular flexibility index (Phi) is 7.26. The second kappa shape index (κ2) is 10.3. The first-order valence-corrected chi connectivity index (χ1v) is 9.76. The summed E-state index contributed by atoms with van der Waals surface area (Å²) in [7, 11) is 3.29. The largest absolute Gasteiger partial charge is 0.497 e. The Labute approximate surface area is 175 Å². The molecule has 1 heterocycles. The van der Waals surface area contributed by atoms with Crippen LogP contribution in [-0.4, -0.2) is 41.8 Å². The number of carbonyl (C=O) groups excluding carboxylic acids is 1. The summed E-state index contributed by atoms with van der Waals surface area (Å²) in [5.41, 5.74) is 1.92. The molecule has 8 nitrogen and oxygen atoms in total. The van der Waals surface area contributed by atoms with Gasteiger partial charge in [0.05, 0.1) is 7.11 Å². The second-order valence-electron chi connectivity index (χ2n) is 6.72. The molecule has 0 saturated carbocycles. The molecule has 3 aromatic rings. The first kappa shape index (κ1) is 21.2. The van der Waals surface area contributed by atoms with E-state index in [9.17, 15) is 4.79 Å². The molecule has 0 saturated heterocycles. The zero-order valence-electron chi connectivity index (χ0n) is 17.4. The number of hydrogen-bond acceptors (Lipinski definition) is 6. The van der Waals surface area contributed by atoms with Crippen molar-refractivity contribution in [2.75, 3.05) is 26.0 Å². The third-order valence-electron chi connectivity index (χ3n) is 4.54. The van der Waals surface area contributed by atoms with E-state index in [1.165, 1.54) is 5.56 Å².